The number of piperazine rings is 1. The highest BCUT2D eigenvalue weighted by Crippen LogP contribution is 2.25. The van der Waals surface area contributed by atoms with E-state index in [-0.39, 0.29) is 0 Å². The Labute approximate surface area is 95.8 Å². The zero-order chi connectivity index (χ0) is 11.5. The van der Waals surface area contributed by atoms with Crippen LogP contribution in [0.5, 0.6) is 5.88 Å². The fourth-order valence-corrected chi connectivity index (χ4v) is 2.08. The minimum atomic E-state index is 0.451. The molecular formula is C11H18N4O. The van der Waals surface area contributed by atoms with Gasteiger partial charge >= 0.3 is 0 Å². The molecule has 0 bridgehead atoms. The third-order valence-corrected chi connectivity index (χ3v) is 2.98. The smallest absolute Gasteiger partial charge is 0.221 e. The molecule has 5 heteroatoms. The van der Waals surface area contributed by atoms with Gasteiger partial charge < -0.3 is 15.0 Å². The van der Waals surface area contributed by atoms with Crippen molar-refractivity contribution < 1.29 is 4.74 Å². The lowest BCUT2D eigenvalue weighted by atomic mass is 10.2. The van der Waals surface area contributed by atoms with Gasteiger partial charge in [-0.3, -0.25) is 0 Å². The third kappa shape index (κ3) is 1.95. The molecule has 1 aliphatic rings. The van der Waals surface area contributed by atoms with Gasteiger partial charge in [0, 0.05) is 25.7 Å². The Hall–Kier alpha value is -1.36. The maximum Gasteiger partial charge on any atom is 0.221 e. The number of rotatable bonds is 2. The summed E-state index contributed by atoms with van der Waals surface area (Å²) < 4.78 is 5.22. The number of hydrogen-bond donors (Lipinski definition) is 1. The quantitative estimate of drug-likeness (QED) is 0.793. The molecule has 1 saturated heterocycles. The van der Waals surface area contributed by atoms with Crippen molar-refractivity contribution in [3.63, 3.8) is 0 Å². The van der Waals surface area contributed by atoms with Crippen LogP contribution in [0.2, 0.25) is 0 Å². The van der Waals surface area contributed by atoms with Crippen molar-refractivity contribution in [3.8, 4) is 5.88 Å². The van der Waals surface area contributed by atoms with Gasteiger partial charge in [-0.2, -0.15) is 0 Å². The molecule has 1 N–H and O–H groups in total. The van der Waals surface area contributed by atoms with E-state index in [0.717, 1.165) is 31.0 Å². The second-order valence-electron chi connectivity index (χ2n) is 4.08. The van der Waals surface area contributed by atoms with Crippen LogP contribution in [-0.4, -0.2) is 42.8 Å². The number of ether oxygens (including phenoxy) is 1. The number of nitrogens with zero attached hydrogens (tertiary/aromatic N) is 3. The molecule has 0 aromatic carbocycles. The maximum absolute atomic E-state index is 5.22. The van der Waals surface area contributed by atoms with Crippen LogP contribution in [0.3, 0.4) is 0 Å². The highest BCUT2D eigenvalue weighted by atomic mass is 16.5. The van der Waals surface area contributed by atoms with Gasteiger partial charge in [-0.05, 0) is 13.8 Å². The van der Waals surface area contributed by atoms with Gasteiger partial charge in [0.1, 0.15) is 12.1 Å². The van der Waals surface area contributed by atoms with E-state index in [2.05, 4.69) is 27.1 Å². The first-order chi connectivity index (χ1) is 7.74. The molecule has 1 aromatic rings. The molecule has 16 heavy (non-hydrogen) atoms. The van der Waals surface area contributed by atoms with Gasteiger partial charge in [0.15, 0.2) is 0 Å². The Morgan fingerprint density at radius 2 is 2.31 bits per heavy atom. The highest BCUT2D eigenvalue weighted by molar-refractivity contribution is 5.51. The number of nitrogens with one attached hydrogen (secondary N) is 1. The molecule has 0 radical (unpaired) electrons. The summed E-state index contributed by atoms with van der Waals surface area (Å²) in [6.07, 6.45) is 1.57. The summed E-state index contributed by atoms with van der Waals surface area (Å²) in [5, 5.41) is 3.37. The van der Waals surface area contributed by atoms with Crippen molar-refractivity contribution in [3.05, 3.63) is 11.9 Å². The van der Waals surface area contributed by atoms with Crippen LogP contribution in [0.25, 0.3) is 0 Å². The van der Waals surface area contributed by atoms with Crippen LogP contribution >= 0.6 is 0 Å². The molecule has 0 saturated carbocycles. The maximum atomic E-state index is 5.22. The van der Waals surface area contributed by atoms with E-state index in [0.29, 0.717) is 11.9 Å². The second-order valence-corrected chi connectivity index (χ2v) is 4.08. The molecule has 1 fully saturated rings. The Kier molecular flexibility index (Phi) is 3.24. The highest BCUT2D eigenvalue weighted by Gasteiger charge is 2.22. The topological polar surface area (TPSA) is 50.3 Å². The van der Waals surface area contributed by atoms with Gasteiger partial charge in [0.2, 0.25) is 5.88 Å². The zero-order valence-electron chi connectivity index (χ0n) is 10.0. The SMILES string of the molecule is COc1ncnc(N2CCNC[C@@H]2C)c1C. The molecular weight excluding hydrogens is 204 g/mol. The van der Waals surface area contributed by atoms with E-state index >= 15 is 0 Å². The first-order valence-corrected chi connectivity index (χ1v) is 5.57. The largest absolute Gasteiger partial charge is 0.481 e. The third-order valence-electron chi connectivity index (χ3n) is 2.98. The first-order valence-electron chi connectivity index (χ1n) is 5.57. The lowest BCUT2D eigenvalue weighted by Gasteiger charge is -2.35. The average molecular weight is 222 g/mol. The Morgan fingerprint density at radius 3 is 3.00 bits per heavy atom. The minimum Gasteiger partial charge on any atom is -0.481 e. The molecule has 1 aromatic heterocycles. The lowest BCUT2D eigenvalue weighted by Crippen LogP contribution is -2.50. The van der Waals surface area contributed by atoms with Gasteiger partial charge in [0.25, 0.3) is 0 Å². The number of aromatic nitrogens is 2. The normalized spacial score (nSPS) is 20.9. The van der Waals surface area contributed by atoms with Crippen molar-refractivity contribution in [2.24, 2.45) is 0 Å². The Balaban J connectivity index is 2.31. The van der Waals surface area contributed by atoms with Gasteiger partial charge in [-0.15, -0.1) is 0 Å². The van der Waals surface area contributed by atoms with Crippen LogP contribution in [0.15, 0.2) is 6.33 Å². The molecule has 0 unspecified atom stereocenters. The monoisotopic (exact) mass is 222 g/mol. The van der Waals surface area contributed by atoms with Crippen LogP contribution < -0.4 is 15.0 Å². The predicted octanol–water partition coefficient (Wildman–Crippen LogP) is 0.592. The minimum absolute atomic E-state index is 0.451. The zero-order valence-corrected chi connectivity index (χ0v) is 10.0. The molecule has 88 valence electrons. The standard InChI is InChI=1S/C11H18N4O/c1-8-6-12-4-5-15(8)10-9(2)11(16-3)14-7-13-10/h7-8,12H,4-6H2,1-3H3/t8-/m0/s1. The number of anilines is 1. The summed E-state index contributed by atoms with van der Waals surface area (Å²) in [7, 11) is 1.64. The molecule has 1 aliphatic heterocycles. The molecule has 0 spiro atoms. The fraction of sp³-hybridized carbons (Fsp3) is 0.636. The summed E-state index contributed by atoms with van der Waals surface area (Å²) in [6.45, 7) is 7.16. The Bertz CT molecular complexity index is 369. The second kappa shape index (κ2) is 4.65. The molecule has 2 rings (SSSR count). The average Bonchev–Trinajstić information content (AvgIpc) is 2.31. The van der Waals surface area contributed by atoms with E-state index < -0.39 is 0 Å². The van der Waals surface area contributed by atoms with Crippen molar-refractivity contribution >= 4 is 5.82 Å². The number of methoxy groups -OCH3 is 1. The lowest BCUT2D eigenvalue weighted by molar-refractivity contribution is 0.392. The Morgan fingerprint density at radius 1 is 1.50 bits per heavy atom. The van der Waals surface area contributed by atoms with Gasteiger partial charge in [0.05, 0.1) is 12.7 Å². The van der Waals surface area contributed by atoms with E-state index in [1.165, 1.54) is 0 Å². The van der Waals surface area contributed by atoms with Crippen molar-refractivity contribution in [1.29, 1.82) is 0 Å². The summed E-state index contributed by atoms with van der Waals surface area (Å²) in [6, 6.07) is 0.451. The molecule has 2 heterocycles. The molecule has 0 aliphatic carbocycles. The van der Waals surface area contributed by atoms with Crippen LogP contribution in [-0.2, 0) is 0 Å². The van der Waals surface area contributed by atoms with Crippen molar-refractivity contribution in [1.82, 2.24) is 15.3 Å². The summed E-state index contributed by atoms with van der Waals surface area (Å²) >= 11 is 0. The van der Waals surface area contributed by atoms with Gasteiger partial charge in [-0.1, -0.05) is 0 Å². The molecule has 1 atom stereocenters. The van der Waals surface area contributed by atoms with E-state index in [4.69, 9.17) is 4.74 Å². The van der Waals surface area contributed by atoms with E-state index in [1.54, 1.807) is 13.4 Å². The fourth-order valence-electron chi connectivity index (χ4n) is 2.08. The predicted molar refractivity (Wildman–Crippen MR) is 63.0 cm³/mol. The summed E-state index contributed by atoms with van der Waals surface area (Å²) in [5.74, 6) is 1.65. The van der Waals surface area contributed by atoms with E-state index in [9.17, 15) is 0 Å². The van der Waals surface area contributed by atoms with Crippen molar-refractivity contribution in [2.45, 2.75) is 19.9 Å². The van der Waals surface area contributed by atoms with Gasteiger partial charge in [-0.25, -0.2) is 9.97 Å². The van der Waals surface area contributed by atoms with Crippen molar-refractivity contribution in [2.75, 3.05) is 31.6 Å². The number of hydrogen-bond acceptors (Lipinski definition) is 5. The first kappa shape index (κ1) is 11.1. The van der Waals surface area contributed by atoms with Crippen LogP contribution in [0, 0.1) is 6.92 Å². The molecule has 0 amide bonds. The van der Waals surface area contributed by atoms with Crippen LogP contribution in [0.1, 0.15) is 12.5 Å². The van der Waals surface area contributed by atoms with Crippen LogP contribution in [0.4, 0.5) is 5.82 Å². The van der Waals surface area contributed by atoms with E-state index in [1.807, 2.05) is 6.92 Å². The molecule has 5 nitrogen and oxygen atoms in total. The summed E-state index contributed by atoms with van der Waals surface area (Å²) in [4.78, 5) is 10.8. The summed E-state index contributed by atoms with van der Waals surface area (Å²) in [5.41, 5.74) is 1.01.